The third kappa shape index (κ3) is 6.72. The van der Waals surface area contributed by atoms with E-state index in [1.807, 2.05) is 13.0 Å². The highest BCUT2D eigenvalue weighted by atomic mass is 32.1. The third-order valence-corrected chi connectivity index (χ3v) is 4.76. The van der Waals surface area contributed by atoms with Gasteiger partial charge in [0.05, 0.1) is 4.88 Å². The molecule has 0 saturated heterocycles. The Labute approximate surface area is 172 Å². The van der Waals surface area contributed by atoms with Gasteiger partial charge < -0.3 is 10.1 Å². The Kier molecular flexibility index (Phi) is 7.90. The number of esters is 1. The van der Waals surface area contributed by atoms with Gasteiger partial charge >= 0.3 is 5.97 Å². The summed E-state index contributed by atoms with van der Waals surface area (Å²) in [4.78, 5) is 48.7. The number of hydrogen-bond acceptors (Lipinski definition) is 6. The Morgan fingerprint density at radius 3 is 2.41 bits per heavy atom. The summed E-state index contributed by atoms with van der Waals surface area (Å²) in [6, 6.07) is 9.37. The van der Waals surface area contributed by atoms with E-state index in [1.54, 1.807) is 49.6 Å². The van der Waals surface area contributed by atoms with Gasteiger partial charge in [-0.15, -0.1) is 11.3 Å². The van der Waals surface area contributed by atoms with Crippen LogP contribution in [0.1, 0.15) is 39.4 Å². The van der Waals surface area contributed by atoms with Crippen LogP contribution in [0.4, 0.5) is 0 Å². The molecule has 8 nitrogen and oxygen atoms in total. The van der Waals surface area contributed by atoms with Crippen LogP contribution in [0.2, 0.25) is 0 Å². The number of benzene rings is 1. The molecule has 0 bridgehead atoms. The maximum atomic E-state index is 12.4. The second-order valence-electron chi connectivity index (χ2n) is 6.65. The summed E-state index contributed by atoms with van der Waals surface area (Å²) in [5.74, 6) is -2.56. The molecular formula is C20H23N3O5S. The van der Waals surface area contributed by atoms with Crippen molar-refractivity contribution in [2.75, 3.05) is 6.61 Å². The Morgan fingerprint density at radius 2 is 1.79 bits per heavy atom. The van der Waals surface area contributed by atoms with Crippen LogP contribution < -0.4 is 16.2 Å². The van der Waals surface area contributed by atoms with Crippen molar-refractivity contribution in [3.63, 3.8) is 0 Å². The molecule has 2 rings (SSSR count). The summed E-state index contributed by atoms with van der Waals surface area (Å²) in [6.45, 7) is 4.78. The van der Waals surface area contributed by atoms with Crippen LogP contribution in [0.5, 0.6) is 0 Å². The molecule has 1 aromatic carbocycles. The number of carbonyl (C=O) groups excluding carboxylic acids is 4. The first-order chi connectivity index (χ1) is 13.8. The SMILES string of the molecule is Cc1cccc(C(=O)N[C@H](C(=O)OCC(=O)NNC(=O)c2cccs2)C(C)C)c1. The van der Waals surface area contributed by atoms with Gasteiger partial charge in [0, 0.05) is 5.56 Å². The average molecular weight is 417 g/mol. The summed E-state index contributed by atoms with van der Waals surface area (Å²) < 4.78 is 5.00. The van der Waals surface area contributed by atoms with Crippen molar-refractivity contribution in [1.29, 1.82) is 0 Å². The van der Waals surface area contributed by atoms with Crippen molar-refractivity contribution in [1.82, 2.24) is 16.2 Å². The standard InChI is InChI=1S/C20H23N3O5S/c1-12(2)17(21-18(25)14-7-4-6-13(3)10-14)20(27)28-11-16(24)22-23-19(26)15-8-5-9-29-15/h4-10,12,17H,11H2,1-3H3,(H,21,25)(H,22,24)(H,23,26)/t17-/m0/s1. The molecule has 29 heavy (non-hydrogen) atoms. The van der Waals surface area contributed by atoms with E-state index in [0.717, 1.165) is 5.56 Å². The van der Waals surface area contributed by atoms with Gasteiger partial charge in [-0.1, -0.05) is 37.6 Å². The molecule has 1 atom stereocenters. The van der Waals surface area contributed by atoms with Gasteiger partial charge in [0.25, 0.3) is 17.7 Å². The Morgan fingerprint density at radius 1 is 1.03 bits per heavy atom. The van der Waals surface area contributed by atoms with Crippen LogP contribution in [0.25, 0.3) is 0 Å². The van der Waals surface area contributed by atoms with Crippen molar-refractivity contribution in [3.8, 4) is 0 Å². The Bertz CT molecular complexity index is 880. The quantitative estimate of drug-likeness (QED) is 0.470. The first-order valence-corrected chi connectivity index (χ1v) is 9.82. The fraction of sp³-hybridized carbons (Fsp3) is 0.300. The van der Waals surface area contributed by atoms with Crippen molar-refractivity contribution >= 4 is 35.0 Å². The van der Waals surface area contributed by atoms with E-state index in [-0.39, 0.29) is 5.92 Å². The minimum absolute atomic E-state index is 0.252. The van der Waals surface area contributed by atoms with Crippen molar-refractivity contribution < 1.29 is 23.9 Å². The van der Waals surface area contributed by atoms with Crippen molar-refractivity contribution in [3.05, 3.63) is 57.8 Å². The first kappa shape index (κ1) is 22.1. The summed E-state index contributed by atoms with van der Waals surface area (Å²) in [5, 5.41) is 4.37. The number of nitrogens with one attached hydrogen (secondary N) is 3. The second kappa shape index (κ2) is 10.4. The maximum Gasteiger partial charge on any atom is 0.329 e. The lowest BCUT2D eigenvalue weighted by molar-refractivity contribution is -0.151. The number of amides is 3. The highest BCUT2D eigenvalue weighted by Crippen LogP contribution is 2.09. The molecule has 154 valence electrons. The van der Waals surface area contributed by atoms with Crippen LogP contribution in [0, 0.1) is 12.8 Å². The number of hydrogen-bond donors (Lipinski definition) is 3. The molecule has 0 unspecified atom stereocenters. The van der Waals surface area contributed by atoms with E-state index in [4.69, 9.17) is 4.74 Å². The molecule has 3 N–H and O–H groups in total. The number of aryl methyl sites for hydroxylation is 1. The largest absolute Gasteiger partial charge is 0.454 e. The van der Waals surface area contributed by atoms with Gasteiger partial charge in [0.15, 0.2) is 6.61 Å². The smallest absolute Gasteiger partial charge is 0.329 e. The second-order valence-corrected chi connectivity index (χ2v) is 7.60. The molecule has 9 heteroatoms. The average Bonchev–Trinajstić information content (AvgIpc) is 3.22. The van der Waals surface area contributed by atoms with Gasteiger partial charge in [0.2, 0.25) is 0 Å². The first-order valence-electron chi connectivity index (χ1n) is 8.94. The summed E-state index contributed by atoms with van der Waals surface area (Å²) >= 11 is 1.22. The van der Waals surface area contributed by atoms with Crippen molar-refractivity contribution in [2.45, 2.75) is 26.8 Å². The van der Waals surface area contributed by atoms with E-state index in [9.17, 15) is 19.2 Å². The summed E-state index contributed by atoms with van der Waals surface area (Å²) in [6.07, 6.45) is 0. The molecule has 3 amide bonds. The lowest BCUT2D eigenvalue weighted by Gasteiger charge is -2.21. The van der Waals surface area contributed by atoms with E-state index >= 15 is 0 Å². The maximum absolute atomic E-state index is 12.4. The van der Waals surface area contributed by atoms with Crippen molar-refractivity contribution in [2.24, 2.45) is 5.92 Å². The lowest BCUT2D eigenvalue weighted by atomic mass is 10.0. The zero-order valence-electron chi connectivity index (χ0n) is 16.4. The molecule has 0 aliphatic heterocycles. The zero-order chi connectivity index (χ0) is 21.4. The fourth-order valence-corrected chi connectivity index (χ4v) is 2.99. The minimum atomic E-state index is -0.920. The Hall–Kier alpha value is -3.20. The van der Waals surface area contributed by atoms with E-state index in [0.29, 0.717) is 10.4 Å². The minimum Gasteiger partial charge on any atom is -0.454 e. The van der Waals surface area contributed by atoms with Gasteiger partial charge in [-0.05, 0) is 36.4 Å². The zero-order valence-corrected chi connectivity index (χ0v) is 17.2. The van der Waals surface area contributed by atoms with Gasteiger partial charge in [0.1, 0.15) is 6.04 Å². The highest BCUT2D eigenvalue weighted by molar-refractivity contribution is 7.12. The normalized spacial score (nSPS) is 11.4. The highest BCUT2D eigenvalue weighted by Gasteiger charge is 2.27. The number of ether oxygens (including phenoxy) is 1. The van der Waals surface area contributed by atoms with E-state index in [2.05, 4.69) is 16.2 Å². The van der Waals surface area contributed by atoms with E-state index in [1.165, 1.54) is 11.3 Å². The number of carbonyl (C=O) groups is 4. The van der Waals surface area contributed by atoms with Crippen LogP contribution in [0.15, 0.2) is 41.8 Å². The molecule has 0 fully saturated rings. The monoisotopic (exact) mass is 417 g/mol. The predicted molar refractivity (Wildman–Crippen MR) is 108 cm³/mol. The van der Waals surface area contributed by atoms with Crippen LogP contribution >= 0.6 is 11.3 Å². The molecule has 0 saturated carbocycles. The Balaban J connectivity index is 1.84. The van der Waals surface area contributed by atoms with Gasteiger partial charge in [-0.3, -0.25) is 25.2 Å². The molecule has 0 spiro atoms. The molecule has 0 aliphatic rings. The van der Waals surface area contributed by atoms with Gasteiger partial charge in [-0.2, -0.15) is 0 Å². The molecule has 1 aromatic heterocycles. The molecule has 0 radical (unpaired) electrons. The topological polar surface area (TPSA) is 114 Å². The predicted octanol–water partition coefficient (Wildman–Crippen LogP) is 1.82. The fourth-order valence-electron chi connectivity index (χ4n) is 2.37. The van der Waals surface area contributed by atoms with E-state index < -0.39 is 36.3 Å². The third-order valence-electron chi connectivity index (χ3n) is 3.89. The molecule has 2 aromatic rings. The number of rotatable bonds is 7. The summed E-state index contributed by atoms with van der Waals surface area (Å²) in [7, 11) is 0. The van der Waals surface area contributed by atoms with Crippen LogP contribution in [-0.4, -0.2) is 36.3 Å². The van der Waals surface area contributed by atoms with Crippen LogP contribution in [-0.2, 0) is 14.3 Å². The van der Waals surface area contributed by atoms with Crippen LogP contribution in [0.3, 0.4) is 0 Å². The molecule has 1 heterocycles. The molecule has 0 aliphatic carbocycles. The number of thiophene rings is 1. The number of hydrazine groups is 1. The lowest BCUT2D eigenvalue weighted by Crippen LogP contribution is -2.47. The summed E-state index contributed by atoms with van der Waals surface area (Å²) in [5.41, 5.74) is 5.75. The molecular weight excluding hydrogens is 394 g/mol. The van der Waals surface area contributed by atoms with Gasteiger partial charge in [-0.25, -0.2) is 4.79 Å².